The van der Waals surface area contributed by atoms with Gasteiger partial charge in [-0.15, -0.1) is 0 Å². The number of hydrogen-bond donors (Lipinski definition) is 2. The first-order valence-corrected chi connectivity index (χ1v) is 9.11. The molecule has 1 aromatic rings. The Morgan fingerprint density at radius 2 is 1.90 bits per heavy atom. The van der Waals surface area contributed by atoms with Crippen LogP contribution in [0.3, 0.4) is 0 Å². The minimum atomic E-state index is -3.45. The van der Waals surface area contributed by atoms with Crippen LogP contribution in [0.4, 0.5) is 0 Å². The molecule has 2 rings (SSSR count). The zero-order valence-corrected chi connectivity index (χ0v) is 13.6. The Bertz CT molecular complexity index is 562. The van der Waals surface area contributed by atoms with Crippen molar-refractivity contribution in [1.29, 1.82) is 0 Å². The third kappa shape index (κ3) is 4.05. The van der Waals surface area contributed by atoms with Crippen molar-refractivity contribution in [2.75, 3.05) is 13.2 Å². The quantitative estimate of drug-likeness (QED) is 0.775. The van der Waals surface area contributed by atoms with E-state index in [9.17, 15) is 8.42 Å². The number of aliphatic hydroxyl groups excluding tert-OH is 1. The molecule has 1 unspecified atom stereocenters. The van der Waals surface area contributed by atoms with Gasteiger partial charge in [-0.3, -0.25) is 0 Å². The molecular weight excluding hydrogens is 286 g/mol. The van der Waals surface area contributed by atoms with E-state index in [0.29, 0.717) is 23.8 Å². The SMILES string of the molecule is CCC(C)c1ccc(S(=O)(=O)NCC2(CCO)CC2)cc1. The van der Waals surface area contributed by atoms with Gasteiger partial charge in [-0.1, -0.05) is 26.0 Å². The van der Waals surface area contributed by atoms with Gasteiger partial charge in [0.2, 0.25) is 10.0 Å². The van der Waals surface area contributed by atoms with Crippen LogP contribution >= 0.6 is 0 Å². The van der Waals surface area contributed by atoms with Crippen LogP contribution in [0, 0.1) is 5.41 Å². The van der Waals surface area contributed by atoms with Crippen molar-refractivity contribution in [2.45, 2.75) is 50.3 Å². The Balaban J connectivity index is 2.02. The molecule has 2 N–H and O–H groups in total. The Hall–Kier alpha value is -0.910. The molecule has 0 aliphatic heterocycles. The molecule has 1 aromatic carbocycles. The Morgan fingerprint density at radius 1 is 1.29 bits per heavy atom. The second-order valence-corrected chi connectivity index (χ2v) is 7.94. The molecule has 0 saturated heterocycles. The summed E-state index contributed by atoms with van der Waals surface area (Å²) in [6, 6.07) is 7.14. The Kier molecular flexibility index (Phi) is 5.07. The van der Waals surface area contributed by atoms with E-state index >= 15 is 0 Å². The van der Waals surface area contributed by atoms with E-state index in [1.165, 1.54) is 0 Å². The van der Waals surface area contributed by atoms with E-state index < -0.39 is 10.0 Å². The summed E-state index contributed by atoms with van der Waals surface area (Å²) in [6.45, 7) is 4.79. The van der Waals surface area contributed by atoms with Crippen molar-refractivity contribution in [1.82, 2.24) is 4.72 Å². The van der Waals surface area contributed by atoms with Crippen LogP contribution in [0.5, 0.6) is 0 Å². The maximum Gasteiger partial charge on any atom is 0.240 e. The van der Waals surface area contributed by atoms with Crippen LogP contribution in [0.25, 0.3) is 0 Å². The van der Waals surface area contributed by atoms with Gasteiger partial charge in [0.05, 0.1) is 4.90 Å². The van der Waals surface area contributed by atoms with Gasteiger partial charge in [-0.05, 0) is 54.7 Å². The van der Waals surface area contributed by atoms with Crippen LogP contribution in [-0.2, 0) is 10.0 Å². The molecule has 21 heavy (non-hydrogen) atoms. The molecule has 0 aromatic heterocycles. The first-order valence-electron chi connectivity index (χ1n) is 7.63. The molecule has 1 aliphatic rings. The van der Waals surface area contributed by atoms with Crippen LogP contribution in [0.2, 0.25) is 0 Å². The first-order chi connectivity index (χ1) is 9.92. The van der Waals surface area contributed by atoms with Gasteiger partial charge in [0.25, 0.3) is 0 Å². The fourth-order valence-corrected chi connectivity index (χ4v) is 3.63. The second-order valence-electron chi connectivity index (χ2n) is 6.18. The smallest absolute Gasteiger partial charge is 0.240 e. The summed E-state index contributed by atoms with van der Waals surface area (Å²) in [5, 5.41) is 9.02. The van der Waals surface area contributed by atoms with Crippen LogP contribution in [0.15, 0.2) is 29.2 Å². The summed E-state index contributed by atoms with van der Waals surface area (Å²) in [5.74, 6) is 0.439. The topological polar surface area (TPSA) is 66.4 Å². The monoisotopic (exact) mass is 311 g/mol. The van der Waals surface area contributed by atoms with E-state index in [-0.39, 0.29) is 12.0 Å². The molecule has 1 saturated carbocycles. The lowest BCUT2D eigenvalue weighted by molar-refractivity contribution is 0.249. The number of aliphatic hydroxyl groups is 1. The molecule has 1 aliphatic carbocycles. The number of benzene rings is 1. The first kappa shape index (κ1) is 16.5. The maximum atomic E-state index is 12.3. The molecule has 0 spiro atoms. The number of rotatable bonds is 8. The van der Waals surface area contributed by atoms with Crippen molar-refractivity contribution < 1.29 is 13.5 Å². The van der Waals surface area contributed by atoms with Gasteiger partial charge < -0.3 is 5.11 Å². The summed E-state index contributed by atoms with van der Waals surface area (Å²) in [5.41, 5.74) is 1.15. The zero-order valence-electron chi connectivity index (χ0n) is 12.8. The Morgan fingerprint density at radius 3 is 2.38 bits per heavy atom. The molecule has 0 radical (unpaired) electrons. The lowest BCUT2D eigenvalue weighted by Gasteiger charge is -2.15. The van der Waals surface area contributed by atoms with Gasteiger partial charge in [0, 0.05) is 13.2 Å². The van der Waals surface area contributed by atoms with Gasteiger partial charge in [0.1, 0.15) is 0 Å². The highest BCUT2D eigenvalue weighted by molar-refractivity contribution is 7.89. The van der Waals surface area contributed by atoms with Crippen molar-refractivity contribution >= 4 is 10.0 Å². The number of hydrogen-bond acceptors (Lipinski definition) is 3. The minimum absolute atomic E-state index is 0.0154. The highest BCUT2D eigenvalue weighted by atomic mass is 32.2. The second kappa shape index (κ2) is 6.46. The normalized spacial score (nSPS) is 18.4. The molecular formula is C16H25NO3S. The molecule has 118 valence electrons. The van der Waals surface area contributed by atoms with Crippen molar-refractivity contribution in [3.63, 3.8) is 0 Å². The summed E-state index contributed by atoms with van der Waals surface area (Å²) < 4.78 is 27.3. The van der Waals surface area contributed by atoms with Crippen LogP contribution in [0.1, 0.15) is 51.0 Å². The predicted molar refractivity (Wildman–Crippen MR) is 83.7 cm³/mol. The lowest BCUT2D eigenvalue weighted by Crippen LogP contribution is -2.30. The average molecular weight is 311 g/mol. The Labute approximate surface area is 127 Å². The van der Waals surface area contributed by atoms with E-state index in [2.05, 4.69) is 18.6 Å². The van der Waals surface area contributed by atoms with Crippen LogP contribution < -0.4 is 4.72 Å². The fourth-order valence-electron chi connectivity index (χ4n) is 2.47. The van der Waals surface area contributed by atoms with Gasteiger partial charge >= 0.3 is 0 Å². The predicted octanol–water partition coefficient (Wildman–Crippen LogP) is 2.64. The number of sulfonamides is 1. The molecule has 0 amide bonds. The minimum Gasteiger partial charge on any atom is -0.396 e. The van der Waals surface area contributed by atoms with E-state index in [0.717, 1.165) is 24.8 Å². The zero-order chi connectivity index (χ0) is 15.5. The molecule has 0 bridgehead atoms. The molecule has 1 fully saturated rings. The molecule has 5 heteroatoms. The van der Waals surface area contributed by atoms with Gasteiger partial charge in [-0.2, -0.15) is 0 Å². The summed E-state index contributed by atoms with van der Waals surface area (Å²) >= 11 is 0. The van der Waals surface area contributed by atoms with Gasteiger partial charge in [-0.25, -0.2) is 13.1 Å². The third-order valence-corrected chi connectivity index (χ3v) is 6.03. The largest absolute Gasteiger partial charge is 0.396 e. The molecule has 4 nitrogen and oxygen atoms in total. The fraction of sp³-hybridized carbons (Fsp3) is 0.625. The summed E-state index contributed by atoms with van der Waals surface area (Å²) in [6.07, 6.45) is 3.68. The van der Waals surface area contributed by atoms with Crippen molar-refractivity contribution in [3.8, 4) is 0 Å². The highest BCUT2D eigenvalue weighted by Crippen LogP contribution is 2.48. The standard InChI is InChI=1S/C16H25NO3S/c1-3-13(2)14-4-6-15(7-5-14)21(19,20)17-12-16(8-9-16)10-11-18/h4-7,13,17-18H,3,8-12H2,1-2H3. The molecule has 0 heterocycles. The maximum absolute atomic E-state index is 12.3. The van der Waals surface area contributed by atoms with E-state index in [1.807, 2.05) is 12.1 Å². The van der Waals surface area contributed by atoms with Gasteiger partial charge in [0.15, 0.2) is 0 Å². The van der Waals surface area contributed by atoms with Crippen molar-refractivity contribution in [2.24, 2.45) is 5.41 Å². The van der Waals surface area contributed by atoms with Crippen molar-refractivity contribution in [3.05, 3.63) is 29.8 Å². The average Bonchev–Trinajstić information content (AvgIpc) is 3.25. The number of nitrogens with one attached hydrogen (secondary N) is 1. The van der Waals surface area contributed by atoms with E-state index in [4.69, 9.17) is 5.11 Å². The molecule has 1 atom stereocenters. The highest BCUT2D eigenvalue weighted by Gasteiger charge is 2.42. The van der Waals surface area contributed by atoms with E-state index in [1.54, 1.807) is 12.1 Å². The lowest BCUT2D eigenvalue weighted by atomic mass is 9.99. The summed E-state index contributed by atoms with van der Waals surface area (Å²) in [4.78, 5) is 0.314. The summed E-state index contributed by atoms with van der Waals surface area (Å²) in [7, 11) is -3.45. The third-order valence-electron chi connectivity index (χ3n) is 4.61. The van der Waals surface area contributed by atoms with Crippen LogP contribution in [-0.4, -0.2) is 26.7 Å².